The van der Waals surface area contributed by atoms with Gasteiger partial charge in [0.1, 0.15) is 0 Å². The van der Waals surface area contributed by atoms with E-state index in [2.05, 4.69) is 10.6 Å². The van der Waals surface area contributed by atoms with E-state index >= 15 is 0 Å². The Bertz CT molecular complexity index is 712. The van der Waals surface area contributed by atoms with Crippen molar-refractivity contribution in [3.8, 4) is 11.5 Å². The first-order valence-corrected chi connectivity index (χ1v) is 8.63. The molecule has 1 aromatic carbocycles. The maximum Gasteiger partial charge on any atom is 0.337 e. The van der Waals surface area contributed by atoms with Gasteiger partial charge in [-0.2, -0.15) is 0 Å². The van der Waals surface area contributed by atoms with Gasteiger partial charge in [-0.25, -0.2) is 9.59 Å². The lowest BCUT2D eigenvalue weighted by Crippen LogP contribution is -2.47. The summed E-state index contributed by atoms with van der Waals surface area (Å²) in [6.45, 7) is 6.36. The van der Waals surface area contributed by atoms with Gasteiger partial charge in [-0.1, -0.05) is 26.8 Å². The fourth-order valence-corrected chi connectivity index (χ4v) is 2.83. The van der Waals surface area contributed by atoms with Crippen LogP contribution in [0.4, 0.5) is 4.79 Å². The number of allylic oxidation sites excluding steroid dienone is 1. The van der Waals surface area contributed by atoms with Gasteiger partial charge in [0.05, 0.1) is 32.4 Å². The predicted octanol–water partition coefficient (Wildman–Crippen LogP) is 2.92. The van der Waals surface area contributed by atoms with Crippen molar-refractivity contribution in [2.45, 2.75) is 33.2 Å². The van der Waals surface area contributed by atoms with E-state index in [1.165, 1.54) is 7.11 Å². The van der Waals surface area contributed by atoms with Crippen molar-refractivity contribution in [1.29, 1.82) is 0 Å². The van der Waals surface area contributed by atoms with E-state index in [1.807, 2.05) is 20.8 Å². The molecule has 0 saturated heterocycles. The molecule has 0 radical (unpaired) electrons. The van der Waals surface area contributed by atoms with Crippen molar-refractivity contribution in [2.24, 2.45) is 5.92 Å². The van der Waals surface area contributed by atoms with Crippen LogP contribution in [0.3, 0.4) is 0 Å². The van der Waals surface area contributed by atoms with E-state index in [4.69, 9.17) is 14.2 Å². The van der Waals surface area contributed by atoms with E-state index in [0.29, 0.717) is 34.9 Å². The Morgan fingerprint density at radius 3 is 2.54 bits per heavy atom. The molecule has 1 aliphatic heterocycles. The number of esters is 1. The maximum absolute atomic E-state index is 12.4. The molecule has 1 aromatic rings. The molecule has 0 spiro atoms. The van der Waals surface area contributed by atoms with Gasteiger partial charge in [0.15, 0.2) is 11.5 Å². The summed E-state index contributed by atoms with van der Waals surface area (Å²) in [5.74, 6) is 0.620. The topological polar surface area (TPSA) is 85.9 Å². The lowest BCUT2D eigenvalue weighted by molar-refractivity contribution is -0.136. The largest absolute Gasteiger partial charge is 0.493 e. The minimum absolute atomic E-state index is 0.0493. The SMILES string of the molecule is CCCOc1cc(C2NC(=O)NC(C(C)C)=C2C(=O)OC)ccc1OC. The quantitative estimate of drug-likeness (QED) is 0.729. The molecule has 142 valence electrons. The van der Waals surface area contributed by atoms with Crippen LogP contribution in [-0.2, 0) is 9.53 Å². The average Bonchev–Trinajstić information content (AvgIpc) is 2.64. The van der Waals surface area contributed by atoms with Gasteiger partial charge in [0.2, 0.25) is 0 Å². The van der Waals surface area contributed by atoms with Gasteiger partial charge in [-0.15, -0.1) is 0 Å². The van der Waals surface area contributed by atoms with Crippen LogP contribution in [0.25, 0.3) is 0 Å². The fourth-order valence-electron chi connectivity index (χ4n) is 2.83. The Hall–Kier alpha value is -2.70. The minimum Gasteiger partial charge on any atom is -0.493 e. The standard InChI is InChI=1S/C19H26N2O5/c1-6-9-26-14-10-12(7-8-13(14)24-4)17-15(18(22)25-5)16(11(2)3)20-19(23)21-17/h7-8,10-11,17H,6,9H2,1-5H3,(H2,20,21,23). The number of urea groups is 1. The number of methoxy groups -OCH3 is 2. The molecule has 1 atom stereocenters. The van der Waals surface area contributed by atoms with Crippen LogP contribution in [0.2, 0.25) is 0 Å². The molecule has 0 aromatic heterocycles. The average molecular weight is 362 g/mol. The van der Waals surface area contributed by atoms with Crippen LogP contribution >= 0.6 is 0 Å². The first-order valence-electron chi connectivity index (χ1n) is 8.63. The van der Waals surface area contributed by atoms with Crippen molar-refractivity contribution < 1.29 is 23.8 Å². The molecule has 7 nitrogen and oxygen atoms in total. The number of hydrogen-bond donors (Lipinski definition) is 2. The summed E-state index contributed by atoms with van der Waals surface area (Å²) in [5, 5.41) is 5.52. The summed E-state index contributed by atoms with van der Waals surface area (Å²) in [4.78, 5) is 24.6. The molecule has 2 amide bonds. The minimum atomic E-state index is -0.636. The fraction of sp³-hybridized carbons (Fsp3) is 0.474. The van der Waals surface area contributed by atoms with E-state index < -0.39 is 12.0 Å². The normalized spacial score (nSPS) is 16.8. The highest BCUT2D eigenvalue weighted by Crippen LogP contribution is 2.35. The number of carbonyl (C=O) groups excluding carboxylic acids is 2. The molecule has 1 heterocycles. The monoisotopic (exact) mass is 362 g/mol. The van der Waals surface area contributed by atoms with Gasteiger partial charge < -0.3 is 24.8 Å². The molecule has 1 aliphatic rings. The van der Waals surface area contributed by atoms with E-state index in [9.17, 15) is 9.59 Å². The summed E-state index contributed by atoms with van der Waals surface area (Å²) in [6.07, 6.45) is 0.849. The number of benzene rings is 1. The highest BCUT2D eigenvalue weighted by atomic mass is 16.5. The van der Waals surface area contributed by atoms with E-state index in [-0.39, 0.29) is 11.9 Å². The molecule has 1 unspecified atom stereocenters. The lowest BCUT2D eigenvalue weighted by Gasteiger charge is -2.31. The second-order valence-corrected chi connectivity index (χ2v) is 6.26. The number of carbonyl (C=O) groups is 2. The van der Waals surface area contributed by atoms with Gasteiger partial charge in [0.25, 0.3) is 0 Å². The Balaban J connectivity index is 2.54. The van der Waals surface area contributed by atoms with Crippen LogP contribution in [0.5, 0.6) is 11.5 Å². The zero-order chi connectivity index (χ0) is 19.3. The maximum atomic E-state index is 12.4. The first kappa shape index (κ1) is 19.6. The molecule has 0 fully saturated rings. The third-order valence-electron chi connectivity index (χ3n) is 4.07. The summed E-state index contributed by atoms with van der Waals surface area (Å²) < 4.78 is 16.0. The number of amides is 2. The third-order valence-corrected chi connectivity index (χ3v) is 4.07. The van der Waals surface area contributed by atoms with Crippen LogP contribution in [0, 0.1) is 5.92 Å². The molecular formula is C19H26N2O5. The van der Waals surface area contributed by atoms with Crippen LogP contribution in [-0.4, -0.2) is 32.8 Å². The molecule has 7 heteroatoms. The highest BCUT2D eigenvalue weighted by molar-refractivity contribution is 5.95. The molecule has 0 bridgehead atoms. The first-order chi connectivity index (χ1) is 12.4. The van der Waals surface area contributed by atoms with Gasteiger partial charge >= 0.3 is 12.0 Å². The molecule has 2 N–H and O–H groups in total. The van der Waals surface area contributed by atoms with Crippen LogP contribution in [0.1, 0.15) is 38.8 Å². The Kier molecular flexibility index (Phi) is 6.49. The number of ether oxygens (including phenoxy) is 3. The highest BCUT2D eigenvalue weighted by Gasteiger charge is 2.34. The molecule has 2 rings (SSSR count). The second kappa shape index (κ2) is 8.60. The Morgan fingerprint density at radius 1 is 1.23 bits per heavy atom. The summed E-state index contributed by atoms with van der Waals surface area (Å²) in [7, 11) is 2.89. The zero-order valence-corrected chi connectivity index (χ0v) is 15.8. The third kappa shape index (κ3) is 4.09. The zero-order valence-electron chi connectivity index (χ0n) is 15.8. The number of hydrogen-bond acceptors (Lipinski definition) is 5. The predicted molar refractivity (Wildman–Crippen MR) is 97.1 cm³/mol. The van der Waals surface area contributed by atoms with Crippen molar-refractivity contribution in [1.82, 2.24) is 10.6 Å². The summed E-state index contributed by atoms with van der Waals surface area (Å²) in [6, 6.07) is 4.35. The van der Waals surface area contributed by atoms with Crippen LogP contribution < -0.4 is 20.1 Å². The number of rotatable bonds is 7. The van der Waals surface area contributed by atoms with Gasteiger partial charge in [0, 0.05) is 5.70 Å². The van der Waals surface area contributed by atoms with Crippen molar-refractivity contribution >= 4 is 12.0 Å². The Morgan fingerprint density at radius 2 is 1.96 bits per heavy atom. The summed E-state index contributed by atoms with van der Waals surface area (Å²) >= 11 is 0. The molecule has 0 saturated carbocycles. The molecular weight excluding hydrogens is 336 g/mol. The van der Waals surface area contributed by atoms with Crippen molar-refractivity contribution in [2.75, 3.05) is 20.8 Å². The Labute approximate surface area is 153 Å². The summed E-state index contributed by atoms with van der Waals surface area (Å²) in [5.41, 5.74) is 1.65. The van der Waals surface area contributed by atoms with Gasteiger partial charge in [-0.3, -0.25) is 0 Å². The van der Waals surface area contributed by atoms with E-state index in [0.717, 1.165) is 6.42 Å². The van der Waals surface area contributed by atoms with Gasteiger partial charge in [-0.05, 0) is 30.0 Å². The molecule has 26 heavy (non-hydrogen) atoms. The van der Waals surface area contributed by atoms with E-state index in [1.54, 1.807) is 25.3 Å². The molecule has 0 aliphatic carbocycles. The van der Waals surface area contributed by atoms with Crippen molar-refractivity contribution in [3.63, 3.8) is 0 Å². The number of nitrogens with one attached hydrogen (secondary N) is 2. The van der Waals surface area contributed by atoms with Crippen molar-refractivity contribution in [3.05, 3.63) is 35.0 Å². The smallest absolute Gasteiger partial charge is 0.337 e. The lowest BCUT2D eigenvalue weighted by atomic mass is 9.91. The van der Waals surface area contributed by atoms with Crippen LogP contribution in [0.15, 0.2) is 29.5 Å². The second-order valence-electron chi connectivity index (χ2n) is 6.26.